The minimum absolute atomic E-state index is 0.0733. The van der Waals surface area contributed by atoms with E-state index in [-0.39, 0.29) is 24.7 Å². The van der Waals surface area contributed by atoms with Crippen molar-refractivity contribution in [2.45, 2.75) is 19.8 Å². The minimum atomic E-state index is -0.264. The Kier molecular flexibility index (Phi) is 6.98. The first-order valence-electron chi connectivity index (χ1n) is 7.54. The second-order valence-electron chi connectivity index (χ2n) is 5.42. The smallest absolute Gasteiger partial charge is 0.244 e. The molecule has 0 aliphatic heterocycles. The van der Waals surface area contributed by atoms with Crippen LogP contribution < -0.4 is 10.7 Å². The molecule has 0 fully saturated rings. The van der Waals surface area contributed by atoms with Crippen molar-refractivity contribution in [1.82, 2.24) is 5.43 Å². The normalized spacial score (nSPS) is 11.1. The molecule has 0 bridgehead atoms. The number of hydrazone groups is 1. The van der Waals surface area contributed by atoms with Crippen LogP contribution in [0.1, 0.15) is 18.9 Å². The van der Waals surface area contributed by atoms with Gasteiger partial charge in [-0.2, -0.15) is 5.10 Å². The predicted octanol–water partition coefficient (Wildman–Crippen LogP) is 4.06. The number of carbonyl (C=O) groups is 2. The number of rotatable bonds is 6. The summed E-state index contributed by atoms with van der Waals surface area (Å²) in [7, 11) is 0. The van der Waals surface area contributed by atoms with E-state index in [1.165, 1.54) is 0 Å². The number of nitrogens with zero attached hydrogens (tertiary/aromatic N) is 1. The van der Waals surface area contributed by atoms with E-state index in [2.05, 4.69) is 15.8 Å². The average Bonchev–Trinajstić information content (AvgIpc) is 2.57. The van der Waals surface area contributed by atoms with Crippen LogP contribution in [0.2, 0.25) is 10.0 Å². The first-order valence-corrected chi connectivity index (χ1v) is 8.30. The number of hydrogen-bond acceptors (Lipinski definition) is 3. The molecule has 2 N–H and O–H groups in total. The summed E-state index contributed by atoms with van der Waals surface area (Å²) >= 11 is 11.6. The lowest BCUT2D eigenvalue weighted by atomic mass is 10.1. The van der Waals surface area contributed by atoms with E-state index in [0.29, 0.717) is 21.4 Å². The Bertz CT molecular complexity index is 772. The molecule has 0 saturated heterocycles. The minimum Gasteiger partial charge on any atom is -0.326 e. The van der Waals surface area contributed by atoms with Gasteiger partial charge in [-0.25, -0.2) is 5.43 Å². The molecule has 0 aliphatic carbocycles. The average molecular weight is 378 g/mol. The van der Waals surface area contributed by atoms with Crippen molar-refractivity contribution < 1.29 is 9.59 Å². The topological polar surface area (TPSA) is 70.6 Å². The highest BCUT2D eigenvalue weighted by molar-refractivity contribution is 6.30. The third kappa shape index (κ3) is 6.95. The zero-order chi connectivity index (χ0) is 18.2. The van der Waals surface area contributed by atoms with E-state index in [1.807, 2.05) is 0 Å². The molecule has 2 rings (SSSR count). The molecule has 0 heterocycles. The Balaban J connectivity index is 1.79. The Morgan fingerprint density at radius 1 is 0.920 bits per heavy atom. The van der Waals surface area contributed by atoms with E-state index in [0.717, 1.165) is 5.56 Å². The van der Waals surface area contributed by atoms with Gasteiger partial charge in [-0.3, -0.25) is 9.59 Å². The summed E-state index contributed by atoms with van der Waals surface area (Å²) in [6, 6.07) is 13.8. The van der Waals surface area contributed by atoms with Gasteiger partial charge in [0, 0.05) is 21.4 Å². The van der Waals surface area contributed by atoms with Gasteiger partial charge in [-0.05, 0) is 48.9 Å². The summed E-state index contributed by atoms with van der Waals surface area (Å²) in [6.07, 6.45) is 0.259. The second-order valence-corrected chi connectivity index (χ2v) is 6.29. The van der Waals surface area contributed by atoms with Crippen molar-refractivity contribution in [1.29, 1.82) is 0 Å². The van der Waals surface area contributed by atoms with Crippen LogP contribution in [0.3, 0.4) is 0 Å². The molecule has 2 amide bonds. The summed E-state index contributed by atoms with van der Waals surface area (Å²) in [4.78, 5) is 23.8. The van der Waals surface area contributed by atoms with Crippen molar-refractivity contribution >= 4 is 46.4 Å². The van der Waals surface area contributed by atoms with E-state index >= 15 is 0 Å². The number of benzene rings is 2. The summed E-state index contributed by atoms with van der Waals surface area (Å²) < 4.78 is 0. The fourth-order valence-corrected chi connectivity index (χ4v) is 2.25. The molecular formula is C18H17Cl2N3O2. The number of amides is 2. The zero-order valence-electron chi connectivity index (χ0n) is 13.6. The fourth-order valence-electron chi connectivity index (χ4n) is 2.00. The number of nitrogens with one attached hydrogen (secondary N) is 2. The van der Waals surface area contributed by atoms with E-state index in [9.17, 15) is 9.59 Å². The largest absolute Gasteiger partial charge is 0.326 e. The molecule has 0 saturated carbocycles. The Morgan fingerprint density at radius 3 is 2.08 bits per heavy atom. The summed E-state index contributed by atoms with van der Waals surface area (Å²) in [6.45, 7) is 1.67. The number of hydrogen-bond donors (Lipinski definition) is 2. The van der Waals surface area contributed by atoms with Crippen LogP contribution in [0.5, 0.6) is 0 Å². The van der Waals surface area contributed by atoms with Crippen LogP contribution in [0.15, 0.2) is 53.6 Å². The van der Waals surface area contributed by atoms with Gasteiger partial charge in [0.15, 0.2) is 0 Å². The second kappa shape index (κ2) is 9.20. The molecule has 5 nitrogen and oxygen atoms in total. The highest BCUT2D eigenvalue weighted by Crippen LogP contribution is 2.13. The summed E-state index contributed by atoms with van der Waals surface area (Å²) in [5.74, 6) is -0.490. The van der Waals surface area contributed by atoms with Gasteiger partial charge in [-0.1, -0.05) is 35.3 Å². The van der Waals surface area contributed by atoms with Gasteiger partial charge in [0.2, 0.25) is 11.8 Å². The van der Waals surface area contributed by atoms with E-state index < -0.39 is 0 Å². The molecule has 2 aromatic carbocycles. The molecule has 0 spiro atoms. The van der Waals surface area contributed by atoms with Crippen LogP contribution in [0.25, 0.3) is 0 Å². The van der Waals surface area contributed by atoms with Crippen LogP contribution in [-0.4, -0.2) is 17.5 Å². The molecule has 130 valence electrons. The first-order chi connectivity index (χ1) is 11.9. The molecular weight excluding hydrogens is 361 g/mol. The molecule has 25 heavy (non-hydrogen) atoms. The zero-order valence-corrected chi connectivity index (χ0v) is 15.1. The van der Waals surface area contributed by atoms with Crippen molar-refractivity contribution in [3.05, 3.63) is 64.1 Å². The molecule has 0 unspecified atom stereocenters. The highest BCUT2D eigenvalue weighted by atomic mass is 35.5. The quantitative estimate of drug-likeness (QED) is 0.588. The van der Waals surface area contributed by atoms with Gasteiger partial charge in [0.1, 0.15) is 0 Å². The Hall–Kier alpha value is -2.37. The summed E-state index contributed by atoms with van der Waals surface area (Å²) in [5.41, 5.74) is 4.41. The maximum Gasteiger partial charge on any atom is 0.244 e. The predicted molar refractivity (Wildman–Crippen MR) is 101 cm³/mol. The van der Waals surface area contributed by atoms with E-state index in [1.54, 1.807) is 55.5 Å². The van der Waals surface area contributed by atoms with Crippen molar-refractivity contribution in [2.75, 3.05) is 5.32 Å². The standard InChI is InChI=1S/C18H17Cl2N3O2/c1-12(10-17(24)21-16-8-6-15(20)7-9-16)22-23-18(25)11-13-2-4-14(19)5-3-13/h2-9H,10-11H2,1H3,(H,21,24)(H,23,25)/b22-12+. The molecule has 2 aromatic rings. The van der Waals surface area contributed by atoms with Gasteiger partial charge < -0.3 is 5.32 Å². The lowest BCUT2D eigenvalue weighted by Gasteiger charge is -2.06. The third-order valence-corrected chi connectivity index (χ3v) is 3.70. The van der Waals surface area contributed by atoms with Crippen LogP contribution in [0.4, 0.5) is 5.69 Å². The maximum absolute atomic E-state index is 11.9. The third-order valence-electron chi connectivity index (χ3n) is 3.19. The van der Waals surface area contributed by atoms with Gasteiger partial charge >= 0.3 is 0 Å². The SMILES string of the molecule is C/C(CC(=O)Nc1ccc(Cl)cc1)=N\NC(=O)Cc1ccc(Cl)cc1. The van der Waals surface area contributed by atoms with Crippen LogP contribution in [0, 0.1) is 0 Å². The van der Waals surface area contributed by atoms with Gasteiger partial charge in [0.25, 0.3) is 0 Å². The lowest BCUT2D eigenvalue weighted by molar-refractivity contribution is -0.120. The highest BCUT2D eigenvalue weighted by Gasteiger charge is 2.06. The number of carbonyl (C=O) groups excluding carboxylic acids is 2. The number of anilines is 1. The van der Waals surface area contributed by atoms with Crippen LogP contribution >= 0.6 is 23.2 Å². The van der Waals surface area contributed by atoms with Crippen molar-refractivity contribution in [2.24, 2.45) is 5.10 Å². The number of halogens is 2. The monoisotopic (exact) mass is 377 g/mol. The summed E-state index contributed by atoms with van der Waals surface area (Å²) in [5, 5.41) is 7.88. The van der Waals surface area contributed by atoms with Gasteiger partial charge in [-0.15, -0.1) is 0 Å². The van der Waals surface area contributed by atoms with Crippen LogP contribution in [-0.2, 0) is 16.0 Å². The van der Waals surface area contributed by atoms with Crippen molar-refractivity contribution in [3.8, 4) is 0 Å². The Morgan fingerprint density at radius 2 is 1.48 bits per heavy atom. The molecule has 7 heteroatoms. The van der Waals surface area contributed by atoms with Crippen molar-refractivity contribution in [3.63, 3.8) is 0 Å². The molecule has 0 aromatic heterocycles. The lowest BCUT2D eigenvalue weighted by Crippen LogP contribution is -2.22. The molecule has 0 atom stereocenters. The van der Waals surface area contributed by atoms with Gasteiger partial charge in [0.05, 0.1) is 12.8 Å². The first kappa shape index (κ1) is 19.0. The van der Waals surface area contributed by atoms with E-state index in [4.69, 9.17) is 23.2 Å². The molecule has 0 aliphatic rings. The Labute approximate surface area is 156 Å². The maximum atomic E-state index is 11.9. The molecule has 0 radical (unpaired) electrons. The fraction of sp³-hybridized carbons (Fsp3) is 0.167.